The SMILES string of the molecule is COc1ccccc1N1CCN(CC(=O)C23CC4CC(CC(C4)C2)C3)CC1. The number of hydrogen-bond donors (Lipinski definition) is 0. The minimum atomic E-state index is 0.0501. The van der Waals surface area contributed by atoms with Crippen molar-refractivity contribution < 1.29 is 9.53 Å². The van der Waals surface area contributed by atoms with Gasteiger partial charge in [-0.15, -0.1) is 0 Å². The third-order valence-electron chi connectivity index (χ3n) is 7.80. The molecule has 0 amide bonds. The zero-order valence-corrected chi connectivity index (χ0v) is 16.5. The monoisotopic (exact) mass is 368 g/mol. The van der Waals surface area contributed by atoms with Crippen LogP contribution in [0.25, 0.3) is 0 Å². The van der Waals surface area contributed by atoms with Crippen molar-refractivity contribution in [2.75, 3.05) is 44.7 Å². The fourth-order valence-electron chi connectivity index (χ4n) is 6.86. The number of ether oxygens (including phenoxy) is 1. The first-order valence-electron chi connectivity index (χ1n) is 10.8. The Morgan fingerprint density at radius 3 is 2.19 bits per heavy atom. The smallest absolute Gasteiger partial charge is 0.152 e. The standard InChI is InChI=1S/C23H32N2O2/c1-27-21-5-3-2-4-20(21)25-8-6-24(7-9-25)16-22(26)23-13-17-10-18(14-23)12-19(11-17)15-23/h2-5,17-19H,6-16H2,1H3. The second-order valence-electron chi connectivity index (χ2n) is 9.56. The summed E-state index contributed by atoms with van der Waals surface area (Å²) in [5.74, 6) is 4.05. The van der Waals surface area contributed by atoms with Gasteiger partial charge in [0.15, 0.2) is 5.78 Å². The van der Waals surface area contributed by atoms with Crippen LogP contribution < -0.4 is 9.64 Å². The second kappa shape index (κ2) is 6.80. The predicted molar refractivity (Wildman–Crippen MR) is 107 cm³/mol. The normalized spacial score (nSPS) is 35.4. The van der Waals surface area contributed by atoms with Gasteiger partial charge >= 0.3 is 0 Å². The quantitative estimate of drug-likeness (QED) is 0.795. The van der Waals surface area contributed by atoms with Crippen LogP contribution in [-0.2, 0) is 4.79 Å². The molecule has 0 unspecified atom stereocenters. The summed E-state index contributed by atoms with van der Waals surface area (Å²) in [5.41, 5.74) is 1.22. The van der Waals surface area contributed by atoms with E-state index < -0.39 is 0 Å². The van der Waals surface area contributed by atoms with Crippen LogP contribution in [0, 0.1) is 23.2 Å². The highest BCUT2D eigenvalue weighted by atomic mass is 16.5. The van der Waals surface area contributed by atoms with Crippen LogP contribution in [-0.4, -0.2) is 50.5 Å². The number of anilines is 1. The van der Waals surface area contributed by atoms with Gasteiger partial charge in [-0.1, -0.05) is 12.1 Å². The van der Waals surface area contributed by atoms with Crippen LogP contribution in [0.5, 0.6) is 5.75 Å². The fraction of sp³-hybridized carbons (Fsp3) is 0.696. The number of para-hydroxylation sites is 2. The lowest BCUT2D eigenvalue weighted by Crippen LogP contribution is -2.54. The molecule has 4 saturated carbocycles. The maximum absolute atomic E-state index is 13.3. The van der Waals surface area contributed by atoms with Gasteiger partial charge in [-0.25, -0.2) is 0 Å². The van der Waals surface area contributed by atoms with E-state index in [1.54, 1.807) is 7.11 Å². The van der Waals surface area contributed by atoms with E-state index in [0.717, 1.165) is 49.7 Å². The molecule has 146 valence electrons. The largest absolute Gasteiger partial charge is 0.495 e. The van der Waals surface area contributed by atoms with Crippen LogP contribution in [0.15, 0.2) is 24.3 Å². The molecule has 27 heavy (non-hydrogen) atoms. The minimum absolute atomic E-state index is 0.0501. The van der Waals surface area contributed by atoms with Crippen LogP contribution in [0.4, 0.5) is 5.69 Å². The number of nitrogens with zero attached hydrogens (tertiary/aromatic N) is 2. The van der Waals surface area contributed by atoms with Crippen molar-refractivity contribution in [2.24, 2.45) is 23.2 Å². The Balaban J connectivity index is 1.20. The second-order valence-corrected chi connectivity index (χ2v) is 9.56. The molecule has 1 aromatic carbocycles. The Morgan fingerprint density at radius 2 is 1.59 bits per heavy atom. The van der Waals surface area contributed by atoms with E-state index in [-0.39, 0.29) is 5.41 Å². The number of ketones is 1. The average Bonchev–Trinajstić information content (AvgIpc) is 2.67. The van der Waals surface area contributed by atoms with E-state index in [9.17, 15) is 4.79 Å². The van der Waals surface area contributed by atoms with Gasteiger partial charge in [0.1, 0.15) is 5.75 Å². The Kier molecular flexibility index (Phi) is 4.42. The van der Waals surface area contributed by atoms with E-state index in [1.165, 1.54) is 44.2 Å². The van der Waals surface area contributed by atoms with Crippen molar-refractivity contribution in [3.05, 3.63) is 24.3 Å². The van der Waals surface area contributed by atoms with Gasteiger partial charge < -0.3 is 9.64 Å². The van der Waals surface area contributed by atoms with Crippen molar-refractivity contribution in [3.8, 4) is 5.75 Å². The van der Waals surface area contributed by atoms with Crippen molar-refractivity contribution in [2.45, 2.75) is 38.5 Å². The summed E-state index contributed by atoms with van der Waals surface area (Å²) in [6.07, 6.45) is 7.80. The topological polar surface area (TPSA) is 32.8 Å². The number of rotatable bonds is 5. The summed E-state index contributed by atoms with van der Waals surface area (Å²) in [6.45, 7) is 4.54. The van der Waals surface area contributed by atoms with E-state index >= 15 is 0 Å². The van der Waals surface area contributed by atoms with Gasteiger partial charge in [0.05, 0.1) is 19.3 Å². The van der Waals surface area contributed by atoms with Crippen molar-refractivity contribution >= 4 is 11.5 Å². The Labute approximate surface area is 162 Å². The van der Waals surface area contributed by atoms with E-state index in [4.69, 9.17) is 4.74 Å². The van der Waals surface area contributed by atoms with E-state index in [0.29, 0.717) is 12.3 Å². The summed E-state index contributed by atoms with van der Waals surface area (Å²) in [5, 5.41) is 0. The number of methoxy groups -OCH3 is 1. The molecule has 5 fully saturated rings. The fourth-order valence-corrected chi connectivity index (χ4v) is 6.86. The number of hydrogen-bond acceptors (Lipinski definition) is 4. The molecule has 6 rings (SSSR count). The molecule has 0 aromatic heterocycles. The third kappa shape index (κ3) is 3.16. The first kappa shape index (κ1) is 17.5. The molecule has 4 aliphatic carbocycles. The van der Waals surface area contributed by atoms with Gasteiger partial charge in [0, 0.05) is 31.6 Å². The van der Waals surface area contributed by atoms with E-state index in [2.05, 4.69) is 21.9 Å². The van der Waals surface area contributed by atoms with Gasteiger partial charge in [-0.2, -0.15) is 0 Å². The number of carbonyl (C=O) groups is 1. The molecule has 1 aliphatic heterocycles. The molecule has 1 saturated heterocycles. The summed E-state index contributed by atoms with van der Waals surface area (Å²) in [7, 11) is 1.74. The van der Waals surface area contributed by atoms with E-state index in [1.807, 2.05) is 12.1 Å². The molecule has 4 bridgehead atoms. The van der Waals surface area contributed by atoms with Crippen LogP contribution in [0.1, 0.15) is 38.5 Å². The predicted octanol–water partition coefficient (Wildman–Crippen LogP) is 3.60. The average molecular weight is 369 g/mol. The maximum Gasteiger partial charge on any atom is 0.152 e. The molecule has 0 spiro atoms. The zero-order valence-electron chi connectivity index (χ0n) is 16.5. The van der Waals surface area contributed by atoms with Crippen LogP contribution >= 0.6 is 0 Å². The molecule has 0 radical (unpaired) electrons. The summed E-state index contributed by atoms with van der Waals surface area (Å²) in [4.78, 5) is 18.1. The number of piperazine rings is 1. The molecule has 4 nitrogen and oxygen atoms in total. The van der Waals surface area contributed by atoms with Gasteiger partial charge in [0.25, 0.3) is 0 Å². The maximum atomic E-state index is 13.3. The molecule has 0 N–H and O–H groups in total. The first-order valence-corrected chi connectivity index (χ1v) is 10.8. The summed E-state index contributed by atoms with van der Waals surface area (Å²) >= 11 is 0. The number of Topliss-reactive ketones (excluding diaryl/α,β-unsaturated/α-hetero) is 1. The first-order chi connectivity index (χ1) is 13.1. The van der Waals surface area contributed by atoms with Crippen molar-refractivity contribution in [3.63, 3.8) is 0 Å². The Morgan fingerprint density at radius 1 is 1.00 bits per heavy atom. The Hall–Kier alpha value is -1.55. The minimum Gasteiger partial charge on any atom is -0.495 e. The van der Waals surface area contributed by atoms with Crippen LogP contribution in [0.2, 0.25) is 0 Å². The molecular formula is C23H32N2O2. The van der Waals surface area contributed by atoms with Gasteiger partial charge in [-0.3, -0.25) is 9.69 Å². The zero-order chi connectivity index (χ0) is 18.4. The third-order valence-corrected chi connectivity index (χ3v) is 7.80. The summed E-state index contributed by atoms with van der Waals surface area (Å²) < 4.78 is 5.52. The molecule has 1 aromatic rings. The molecule has 4 heteroatoms. The highest BCUT2D eigenvalue weighted by Crippen LogP contribution is 2.60. The van der Waals surface area contributed by atoms with Crippen molar-refractivity contribution in [1.82, 2.24) is 4.90 Å². The highest BCUT2D eigenvalue weighted by molar-refractivity contribution is 5.87. The Bertz CT molecular complexity index is 673. The number of benzene rings is 1. The molecular weight excluding hydrogens is 336 g/mol. The highest BCUT2D eigenvalue weighted by Gasteiger charge is 2.54. The van der Waals surface area contributed by atoms with Gasteiger partial charge in [-0.05, 0) is 68.4 Å². The molecule has 5 aliphatic rings. The van der Waals surface area contributed by atoms with Gasteiger partial charge in [0.2, 0.25) is 0 Å². The summed E-state index contributed by atoms with van der Waals surface area (Å²) in [6, 6.07) is 8.25. The van der Waals surface area contributed by atoms with Crippen LogP contribution in [0.3, 0.4) is 0 Å². The lowest BCUT2D eigenvalue weighted by atomic mass is 9.48. The van der Waals surface area contributed by atoms with Crippen molar-refractivity contribution in [1.29, 1.82) is 0 Å². The molecule has 1 heterocycles. The lowest BCUT2D eigenvalue weighted by molar-refractivity contribution is -0.145. The number of carbonyl (C=O) groups excluding carboxylic acids is 1. The molecule has 0 atom stereocenters. The lowest BCUT2D eigenvalue weighted by Gasteiger charge is -2.56.